The Balaban J connectivity index is 1.28. The van der Waals surface area contributed by atoms with Crippen LogP contribution in [0.15, 0.2) is 0 Å². The molecule has 29 heavy (non-hydrogen) atoms. The van der Waals surface area contributed by atoms with Gasteiger partial charge in [0.2, 0.25) is 0 Å². The van der Waals surface area contributed by atoms with Crippen molar-refractivity contribution in [2.45, 2.75) is 70.5 Å². The lowest BCUT2D eigenvalue weighted by molar-refractivity contribution is -0.910. The van der Waals surface area contributed by atoms with Crippen molar-refractivity contribution in [3.05, 3.63) is 0 Å². The number of piperidine rings is 1. The summed E-state index contributed by atoms with van der Waals surface area (Å²) in [5, 5.41) is 0. The molecule has 3 aliphatic heterocycles. The third kappa shape index (κ3) is 3.40. The monoisotopic (exact) mass is 406 g/mol. The number of hydrogen-bond donors (Lipinski definition) is 1. The van der Waals surface area contributed by atoms with Gasteiger partial charge in [0.25, 0.3) is 0 Å². The molecular formula is C23H36NO5+. The maximum absolute atomic E-state index is 12.9. The molecule has 6 nitrogen and oxygen atoms in total. The van der Waals surface area contributed by atoms with Crippen molar-refractivity contribution >= 4 is 11.9 Å². The normalized spacial score (nSPS) is 48.6. The average molecular weight is 407 g/mol. The number of nitrogens with one attached hydrogen (secondary N) is 1. The molecule has 5 rings (SSSR count). The first-order valence-electron chi connectivity index (χ1n) is 11.8. The van der Waals surface area contributed by atoms with E-state index in [0.717, 1.165) is 51.9 Å². The van der Waals surface area contributed by atoms with E-state index in [1.54, 1.807) is 0 Å². The molecule has 2 saturated carbocycles. The summed E-state index contributed by atoms with van der Waals surface area (Å²) in [4.78, 5) is 26.4. The van der Waals surface area contributed by atoms with Crippen LogP contribution in [0.1, 0.15) is 58.8 Å². The van der Waals surface area contributed by atoms with E-state index in [-0.39, 0.29) is 40.9 Å². The number of epoxide rings is 1. The minimum absolute atomic E-state index is 0.00114. The second kappa shape index (κ2) is 7.23. The van der Waals surface area contributed by atoms with Crippen molar-refractivity contribution in [1.82, 2.24) is 0 Å². The van der Waals surface area contributed by atoms with Gasteiger partial charge in [0, 0.05) is 5.92 Å². The summed E-state index contributed by atoms with van der Waals surface area (Å²) in [7, 11) is 0. The van der Waals surface area contributed by atoms with Crippen LogP contribution in [0, 0.1) is 29.1 Å². The van der Waals surface area contributed by atoms with Gasteiger partial charge in [-0.15, -0.1) is 0 Å². The Hall–Kier alpha value is -1.14. The second-order valence-corrected chi connectivity index (χ2v) is 10.6. The Labute approximate surface area is 173 Å². The van der Waals surface area contributed by atoms with Crippen molar-refractivity contribution in [3.63, 3.8) is 0 Å². The lowest BCUT2D eigenvalue weighted by atomic mass is 9.53. The molecule has 1 N–H and O–H groups in total. The van der Waals surface area contributed by atoms with E-state index in [4.69, 9.17) is 14.2 Å². The zero-order valence-corrected chi connectivity index (χ0v) is 17.9. The molecule has 1 unspecified atom stereocenters. The fraction of sp³-hybridized carbons (Fsp3) is 0.913. The van der Waals surface area contributed by atoms with Gasteiger partial charge in [-0.3, -0.25) is 9.59 Å². The van der Waals surface area contributed by atoms with Gasteiger partial charge in [0.1, 0.15) is 17.9 Å². The maximum Gasteiger partial charge on any atom is 0.315 e. The van der Waals surface area contributed by atoms with Crippen LogP contribution >= 0.6 is 0 Å². The van der Waals surface area contributed by atoms with Crippen LogP contribution in [0.4, 0.5) is 0 Å². The van der Waals surface area contributed by atoms with Crippen LogP contribution in [-0.4, -0.2) is 56.5 Å². The second-order valence-electron chi connectivity index (χ2n) is 10.6. The molecule has 0 aromatic carbocycles. The topological polar surface area (TPSA) is 69.6 Å². The van der Waals surface area contributed by atoms with Gasteiger partial charge in [0.15, 0.2) is 0 Å². The summed E-state index contributed by atoms with van der Waals surface area (Å²) < 4.78 is 17.2. The van der Waals surface area contributed by atoms with Crippen molar-refractivity contribution < 1.29 is 28.7 Å². The number of esters is 2. The standard InChI is InChI=1S/C23H35NO5/c1-3-27-20(25)15-6-4-9-24(12-15)13-17-16-10-19-22(2,11-18(16)29-21(17)26)7-5-8-23(19)14-28-23/h15-19H,3-14H2,1-2H3/p+1/t15-,16-,17-,18-,19-,22-,23-/m1/s1. The molecular weight excluding hydrogens is 370 g/mol. The average Bonchev–Trinajstić information content (AvgIpc) is 3.40. The first-order chi connectivity index (χ1) is 13.9. The van der Waals surface area contributed by atoms with Gasteiger partial charge < -0.3 is 19.1 Å². The molecule has 0 aromatic heterocycles. The first kappa shape index (κ1) is 19.8. The molecule has 0 amide bonds. The summed E-state index contributed by atoms with van der Waals surface area (Å²) >= 11 is 0. The third-order valence-electron chi connectivity index (χ3n) is 8.83. The quantitative estimate of drug-likeness (QED) is 0.564. The van der Waals surface area contributed by atoms with Crippen LogP contribution in [0.2, 0.25) is 0 Å². The van der Waals surface area contributed by atoms with Crippen LogP contribution in [0.25, 0.3) is 0 Å². The summed E-state index contributed by atoms with van der Waals surface area (Å²) in [6.45, 7) is 8.22. The molecule has 3 saturated heterocycles. The zero-order chi connectivity index (χ0) is 20.2. The van der Waals surface area contributed by atoms with Crippen LogP contribution in [0.3, 0.4) is 0 Å². The van der Waals surface area contributed by atoms with E-state index in [9.17, 15) is 9.59 Å². The highest BCUT2D eigenvalue weighted by Crippen LogP contribution is 2.62. The lowest BCUT2D eigenvalue weighted by Gasteiger charge is -2.51. The molecule has 5 fully saturated rings. The Kier molecular flexibility index (Phi) is 4.93. The highest BCUT2D eigenvalue weighted by molar-refractivity contribution is 5.75. The number of carbonyl (C=O) groups is 2. The van der Waals surface area contributed by atoms with E-state index >= 15 is 0 Å². The van der Waals surface area contributed by atoms with Crippen LogP contribution in [-0.2, 0) is 23.8 Å². The van der Waals surface area contributed by atoms with Gasteiger partial charge in [-0.25, -0.2) is 0 Å². The molecule has 6 heteroatoms. The van der Waals surface area contributed by atoms with E-state index in [2.05, 4.69) is 6.92 Å². The largest absolute Gasteiger partial charge is 0.466 e. The molecule has 0 aromatic rings. The zero-order valence-electron chi connectivity index (χ0n) is 17.9. The summed E-state index contributed by atoms with van der Waals surface area (Å²) in [6.07, 6.45) is 7.70. The highest BCUT2D eigenvalue weighted by atomic mass is 16.6. The van der Waals surface area contributed by atoms with Crippen molar-refractivity contribution in [2.75, 3.05) is 32.8 Å². The first-order valence-corrected chi connectivity index (χ1v) is 11.8. The van der Waals surface area contributed by atoms with Gasteiger partial charge >= 0.3 is 11.9 Å². The molecule has 0 radical (unpaired) electrons. The molecule has 2 aliphatic carbocycles. The summed E-state index contributed by atoms with van der Waals surface area (Å²) in [6, 6.07) is 0. The molecule has 0 bridgehead atoms. The maximum atomic E-state index is 12.9. The Morgan fingerprint density at radius 2 is 2.14 bits per heavy atom. The number of hydrogen-bond acceptors (Lipinski definition) is 5. The van der Waals surface area contributed by atoms with E-state index in [1.807, 2.05) is 6.92 Å². The van der Waals surface area contributed by atoms with Crippen LogP contribution < -0.4 is 4.90 Å². The number of likely N-dealkylation sites (tertiary alicyclic amines) is 1. The highest BCUT2D eigenvalue weighted by Gasteiger charge is 2.65. The number of quaternary nitrogens is 1. The lowest BCUT2D eigenvalue weighted by Crippen LogP contribution is -3.14. The molecule has 1 spiro atoms. The van der Waals surface area contributed by atoms with Crippen LogP contribution in [0.5, 0.6) is 0 Å². The molecule has 5 aliphatic rings. The number of carbonyl (C=O) groups excluding carboxylic acids is 2. The molecule has 3 heterocycles. The van der Waals surface area contributed by atoms with Gasteiger partial charge in [-0.05, 0) is 63.2 Å². The smallest absolute Gasteiger partial charge is 0.315 e. The van der Waals surface area contributed by atoms with Gasteiger partial charge in [0.05, 0.1) is 38.4 Å². The SMILES string of the molecule is CCOC(=O)[C@@H]1CCC[NH+](C[C@H]2C(=O)O[C@@H]3C[C@@]4(C)CCC[C@@]5(CO5)[C@@H]4C[C@@H]32)C1. The van der Waals surface area contributed by atoms with E-state index < -0.39 is 0 Å². The Morgan fingerprint density at radius 3 is 2.90 bits per heavy atom. The van der Waals surface area contributed by atoms with Crippen molar-refractivity contribution in [1.29, 1.82) is 0 Å². The van der Waals surface area contributed by atoms with E-state index in [1.165, 1.54) is 24.2 Å². The van der Waals surface area contributed by atoms with Crippen molar-refractivity contribution in [3.8, 4) is 0 Å². The fourth-order valence-electron chi connectivity index (χ4n) is 7.30. The minimum atomic E-state index is -0.0694. The predicted molar refractivity (Wildman–Crippen MR) is 105 cm³/mol. The fourth-order valence-corrected chi connectivity index (χ4v) is 7.30. The number of rotatable bonds is 4. The number of fused-ring (bicyclic) bond motifs is 3. The Morgan fingerprint density at radius 1 is 1.31 bits per heavy atom. The van der Waals surface area contributed by atoms with Gasteiger partial charge in [-0.1, -0.05) is 6.92 Å². The number of ether oxygens (including phenoxy) is 3. The Bertz CT molecular complexity index is 676. The minimum Gasteiger partial charge on any atom is -0.466 e. The summed E-state index contributed by atoms with van der Waals surface area (Å²) in [5.41, 5.74) is 0.346. The molecule has 8 atom stereocenters. The van der Waals surface area contributed by atoms with Crippen molar-refractivity contribution in [2.24, 2.45) is 29.1 Å². The third-order valence-corrected chi connectivity index (χ3v) is 8.83. The van der Waals surface area contributed by atoms with Gasteiger partial charge in [-0.2, -0.15) is 0 Å². The summed E-state index contributed by atoms with van der Waals surface area (Å²) in [5.74, 6) is 0.751. The predicted octanol–water partition coefficient (Wildman–Crippen LogP) is 1.37. The van der Waals surface area contributed by atoms with E-state index in [0.29, 0.717) is 18.4 Å². The molecule has 162 valence electrons.